The van der Waals surface area contributed by atoms with Gasteiger partial charge < -0.3 is 15.8 Å². The number of nitrogens with one attached hydrogen (secondary N) is 1. The number of para-hydroxylation sites is 1. The molecular weight excluding hydrogens is 200 g/mol. The Morgan fingerprint density at radius 2 is 2.00 bits per heavy atom. The predicted octanol–water partition coefficient (Wildman–Crippen LogP) is 0.874. The van der Waals surface area contributed by atoms with Gasteiger partial charge >= 0.3 is 0 Å². The van der Waals surface area contributed by atoms with Crippen LogP contribution in [0.3, 0.4) is 0 Å². The van der Waals surface area contributed by atoms with E-state index < -0.39 is 0 Å². The molecule has 0 atom stereocenters. The molecule has 1 saturated heterocycles. The smallest absolute Gasteiger partial charge is 0.124 e. The van der Waals surface area contributed by atoms with Gasteiger partial charge in [-0.2, -0.15) is 0 Å². The summed E-state index contributed by atoms with van der Waals surface area (Å²) in [6.07, 6.45) is 0. The summed E-state index contributed by atoms with van der Waals surface area (Å²) < 4.78 is 5.26. The lowest BCUT2D eigenvalue weighted by Gasteiger charge is -2.40. The Labute approximate surface area is 90.0 Å². The molecule has 0 saturated carbocycles. The van der Waals surface area contributed by atoms with Crippen molar-refractivity contribution < 1.29 is 4.74 Å². The second-order valence-electron chi connectivity index (χ2n) is 3.46. The molecule has 2 rings (SSSR count). The number of halogens is 1. The van der Waals surface area contributed by atoms with Crippen molar-refractivity contribution in [3.05, 3.63) is 29.8 Å². The van der Waals surface area contributed by atoms with Crippen molar-refractivity contribution in [3.8, 4) is 5.75 Å². The number of hydrogen-bond donors (Lipinski definition) is 2. The van der Waals surface area contributed by atoms with Crippen LogP contribution in [0.4, 0.5) is 0 Å². The standard InChI is InChI=1S/C10H14N2O.ClH/c1-13-9-5-3-2-4-8(9)10(11)6-12-7-10;/h2-5,12H,6-7,11H2,1H3;1H. The van der Waals surface area contributed by atoms with Gasteiger partial charge in [-0.15, -0.1) is 12.4 Å². The van der Waals surface area contributed by atoms with Crippen molar-refractivity contribution >= 4 is 12.4 Å². The minimum Gasteiger partial charge on any atom is -0.496 e. The molecule has 1 aromatic carbocycles. The minimum atomic E-state index is -0.230. The van der Waals surface area contributed by atoms with Crippen molar-refractivity contribution in [2.24, 2.45) is 5.73 Å². The number of rotatable bonds is 2. The summed E-state index contributed by atoms with van der Waals surface area (Å²) in [7, 11) is 1.67. The average molecular weight is 215 g/mol. The van der Waals surface area contributed by atoms with E-state index in [0.717, 1.165) is 24.4 Å². The summed E-state index contributed by atoms with van der Waals surface area (Å²) in [4.78, 5) is 0. The number of hydrogen-bond acceptors (Lipinski definition) is 3. The van der Waals surface area contributed by atoms with Crippen molar-refractivity contribution in [3.63, 3.8) is 0 Å². The fourth-order valence-electron chi connectivity index (χ4n) is 1.64. The maximum atomic E-state index is 6.16. The van der Waals surface area contributed by atoms with Gasteiger partial charge in [-0.25, -0.2) is 0 Å². The molecule has 0 aromatic heterocycles. The Morgan fingerprint density at radius 3 is 2.50 bits per heavy atom. The Hall–Kier alpha value is -0.770. The van der Waals surface area contributed by atoms with Gasteiger partial charge in [-0.05, 0) is 6.07 Å². The van der Waals surface area contributed by atoms with Crippen LogP contribution in [0.15, 0.2) is 24.3 Å². The van der Waals surface area contributed by atoms with Crippen LogP contribution < -0.4 is 15.8 Å². The Morgan fingerprint density at radius 1 is 1.36 bits per heavy atom. The van der Waals surface area contributed by atoms with Gasteiger partial charge in [0.2, 0.25) is 0 Å². The van der Waals surface area contributed by atoms with Crippen LogP contribution in [0.25, 0.3) is 0 Å². The molecule has 1 aliphatic heterocycles. The van der Waals surface area contributed by atoms with Crippen LogP contribution in [0, 0.1) is 0 Å². The molecule has 0 bridgehead atoms. The van der Waals surface area contributed by atoms with Crippen molar-refractivity contribution in [2.45, 2.75) is 5.54 Å². The molecule has 3 N–H and O–H groups in total. The van der Waals surface area contributed by atoms with E-state index >= 15 is 0 Å². The van der Waals surface area contributed by atoms with Gasteiger partial charge in [-0.1, -0.05) is 18.2 Å². The van der Waals surface area contributed by atoms with E-state index in [1.165, 1.54) is 0 Å². The molecule has 0 amide bonds. The first-order valence-corrected chi connectivity index (χ1v) is 4.39. The summed E-state index contributed by atoms with van der Waals surface area (Å²) in [6, 6.07) is 7.92. The summed E-state index contributed by atoms with van der Waals surface area (Å²) in [5, 5.41) is 3.17. The largest absolute Gasteiger partial charge is 0.496 e. The molecule has 1 heterocycles. The third-order valence-electron chi connectivity index (χ3n) is 2.52. The first-order chi connectivity index (χ1) is 6.26. The number of ether oxygens (including phenoxy) is 1. The van der Waals surface area contributed by atoms with Gasteiger partial charge in [0, 0.05) is 18.7 Å². The summed E-state index contributed by atoms with van der Waals surface area (Å²) in [6.45, 7) is 1.65. The molecule has 0 radical (unpaired) electrons. The summed E-state index contributed by atoms with van der Waals surface area (Å²) in [5.41, 5.74) is 7.02. The maximum absolute atomic E-state index is 6.16. The fourth-order valence-corrected chi connectivity index (χ4v) is 1.64. The van der Waals surface area contributed by atoms with E-state index in [1.807, 2.05) is 24.3 Å². The van der Waals surface area contributed by atoms with Gasteiger partial charge in [0.25, 0.3) is 0 Å². The molecule has 0 aliphatic carbocycles. The minimum absolute atomic E-state index is 0. The molecule has 4 heteroatoms. The van der Waals surface area contributed by atoms with Crippen molar-refractivity contribution in [1.29, 1.82) is 0 Å². The molecule has 78 valence electrons. The first kappa shape index (κ1) is 11.3. The monoisotopic (exact) mass is 214 g/mol. The highest BCUT2D eigenvalue weighted by molar-refractivity contribution is 5.85. The van der Waals surface area contributed by atoms with Gasteiger partial charge in [0.05, 0.1) is 12.6 Å². The number of nitrogens with two attached hydrogens (primary N) is 1. The van der Waals surface area contributed by atoms with Crippen LogP contribution in [0.1, 0.15) is 5.56 Å². The third-order valence-corrected chi connectivity index (χ3v) is 2.52. The van der Waals surface area contributed by atoms with Crippen LogP contribution in [0.5, 0.6) is 5.75 Å². The predicted molar refractivity (Wildman–Crippen MR) is 59.0 cm³/mol. The first-order valence-electron chi connectivity index (χ1n) is 4.39. The van der Waals surface area contributed by atoms with E-state index in [4.69, 9.17) is 10.5 Å². The van der Waals surface area contributed by atoms with Crippen LogP contribution >= 0.6 is 12.4 Å². The lowest BCUT2D eigenvalue weighted by Crippen LogP contribution is -2.62. The molecular formula is C10H15ClN2O. The number of benzene rings is 1. The average Bonchev–Trinajstić information content (AvgIpc) is 2.14. The molecule has 14 heavy (non-hydrogen) atoms. The van der Waals surface area contributed by atoms with E-state index in [9.17, 15) is 0 Å². The summed E-state index contributed by atoms with van der Waals surface area (Å²) in [5.74, 6) is 0.881. The molecule has 1 aliphatic rings. The normalized spacial score (nSPS) is 17.9. The topological polar surface area (TPSA) is 47.3 Å². The van der Waals surface area contributed by atoms with Crippen LogP contribution in [-0.2, 0) is 5.54 Å². The molecule has 0 unspecified atom stereocenters. The highest BCUT2D eigenvalue weighted by atomic mass is 35.5. The Bertz CT molecular complexity index is 313. The lowest BCUT2D eigenvalue weighted by molar-refractivity contribution is 0.274. The zero-order valence-corrected chi connectivity index (χ0v) is 8.93. The highest BCUT2D eigenvalue weighted by Crippen LogP contribution is 2.30. The zero-order valence-electron chi connectivity index (χ0n) is 8.12. The summed E-state index contributed by atoms with van der Waals surface area (Å²) >= 11 is 0. The molecule has 3 nitrogen and oxygen atoms in total. The quantitative estimate of drug-likeness (QED) is 0.768. The van der Waals surface area contributed by atoms with E-state index in [0.29, 0.717) is 0 Å². The van der Waals surface area contributed by atoms with Gasteiger partial charge in [0.1, 0.15) is 5.75 Å². The molecule has 1 fully saturated rings. The second kappa shape index (κ2) is 4.17. The fraction of sp³-hybridized carbons (Fsp3) is 0.400. The van der Waals surface area contributed by atoms with Crippen molar-refractivity contribution in [1.82, 2.24) is 5.32 Å². The van der Waals surface area contributed by atoms with Crippen LogP contribution in [0.2, 0.25) is 0 Å². The second-order valence-corrected chi connectivity index (χ2v) is 3.46. The van der Waals surface area contributed by atoms with E-state index in [-0.39, 0.29) is 17.9 Å². The highest BCUT2D eigenvalue weighted by Gasteiger charge is 2.36. The number of methoxy groups -OCH3 is 1. The molecule has 1 aromatic rings. The Balaban J connectivity index is 0.000000980. The van der Waals surface area contributed by atoms with Gasteiger partial charge in [-0.3, -0.25) is 0 Å². The van der Waals surface area contributed by atoms with E-state index in [1.54, 1.807) is 7.11 Å². The SMILES string of the molecule is COc1ccccc1C1(N)CNC1.Cl. The van der Waals surface area contributed by atoms with Crippen molar-refractivity contribution in [2.75, 3.05) is 20.2 Å². The van der Waals surface area contributed by atoms with E-state index in [2.05, 4.69) is 5.32 Å². The lowest BCUT2D eigenvalue weighted by atomic mass is 9.85. The Kier molecular flexibility index (Phi) is 3.37. The zero-order chi connectivity index (χ0) is 9.31. The maximum Gasteiger partial charge on any atom is 0.124 e. The van der Waals surface area contributed by atoms with Crippen LogP contribution in [-0.4, -0.2) is 20.2 Å². The third kappa shape index (κ3) is 1.71. The van der Waals surface area contributed by atoms with Gasteiger partial charge in [0.15, 0.2) is 0 Å². The molecule has 0 spiro atoms.